The van der Waals surface area contributed by atoms with Crippen LogP contribution in [0.25, 0.3) is 11.1 Å². The van der Waals surface area contributed by atoms with Crippen molar-refractivity contribution >= 4 is 23.7 Å². The van der Waals surface area contributed by atoms with Gasteiger partial charge in [0.1, 0.15) is 0 Å². The number of rotatable bonds is 10. The Labute approximate surface area is 175 Å². The summed E-state index contributed by atoms with van der Waals surface area (Å²) in [6.07, 6.45) is -0.288. The van der Waals surface area contributed by atoms with Crippen LogP contribution in [0.5, 0.6) is 0 Å². The Morgan fingerprint density at radius 3 is 2.48 bits per heavy atom. The highest BCUT2D eigenvalue weighted by Gasteiger charge is 2.22. The molecule has 3 N–H and O–H groups in total. The van der Waals surface area contributed by atoms with Crippen molar-refractivity contribution < 1.29 is 24.5 Å². The van der Waals surface area contributed by atoms with Crippen LogP contribution in [-0.4, -0.2) is 41.0 Å². The van der Waals surface area contributed by atoms with Crippen LogP contribution in [0.1, 0.15) is 31.7 Å². The Hall–Kier alpha value is -2.57. The van der Waals surface area contributed by atoms with Gasteiger partial charge in [-0.3, -0.25) is 0 Å². The lowest BCUT2D eigenvalue weighted by atomic mass is 9.98. The first-order valence-electron chi connectivity index (χ1n) is 9.58. The van der Waals surface area contributed by atoms with Crippen molar-refractivity contribution in [1.82, 2.24) is 5.32 Å². The molecule has 0 aromatic heterocycles. The molecule has 1 amide bonds. The van der Waals surface area contributed by atoms with Crippen LogP contribution in [0.3, 0.4) is 0 Å². The molecule has 0 fully saturated rings. The monoisotopic (exact) mass is 419 g/mol. The summed E-state index contributed by atoms with van der Waals surface area (Å²) < 4.78 is 5.09. The number of carboxylic acids is 1. The van der Waals surface area contributed by atoms with Crippen LogP contribution in [0.4, 0.5) is 4.79 Å². The Morgan fingerprint density at radius 1 is 1.14 bits per heavy atom. The molecular weight excluding hydrogens is 394 g/mol. The second kappa shape index (κ2) is 11.4. The van der Waals surface area contributed by atoms with Gasteiger partial charge in [-0.2, -0.15) is 0 Å². The molecule has 0 saturated carbocycles. The van der Waals surface area contributed by atoms with Gasteiger partial charge in [-0.1, -0.05) is 61.3 Å². The molecule has 2 aromatic rings. The number of unbranched alkanes of at least 4 members (excludes halogenated alkanes) is 1. The van der Waals surface area contributed by atoms with E-state index >= 15 is 0 Å². The van der Waals surface area contributed by atoms with Crippen LogP contribution in [0, 0.1) is 0 Å². The van der Waals surface area contributed by atoms with Crippen LogP contribution < -0.4 is 5.32 Å². The minimum absolute atomic E-state index is 0.117. The van der Waals surface area contributed by atoms with Gasteiger partial charge >= 0.3 is 12.1 Å². The molecule has 156 valence electrons. The van der Waals surface area contributed by atoms with Gasteiger partial charge in [0.25, 0.3) is 0 Å². The number of benzene rings is 2. The van der Waals surface area contributed by atoms with E-state index in [1.165, 1.54) is 0 Å². The average Bonchev–Trinajstić information content (AvgIpc) is 2.68. The smallest absolute Gasteiger partial charge is 0.407 e. The standard InChI is InChI=1S/C22H26ClNO5/c1-2-3-11-29-22(28)24-19(14-20(25)21(26)27)12-15-7-9-16(10-8-15)17-5-4-6-18(23)13-17/h4-10,13,19-20,25H,2-3,11-12,14H2,1H3,(H,24,28)(H,26,27)/t19-,20-/m1/s1. The summed E-state index contributed by atoms with van der Waals surface area (Å²) in [6, 6.07) is 14.6. The number of ether oxygens (including phenoxy) is 1. The summed E-state index contributed by atoms with van der Waals surface area (Å²) >= 11 is 6.04. The first kappa shape index (κ1) is 22.7. The molecule has 2 aromatic carbocycles. The van der Waals surface area contributed by atoms with E-state index in [-0.39, 0.29) is 6.42 Å². The number of carboxylic acid groups (broad SMARTS) is 1. The highest BCUT2D eigenvalue weighted by Crippen LogP contribution is 2.23. The number of amides is 1. The van der Waals surface area contributed by atoms with E-state index in [0.717, 1.165) is 29.5 Å². The fraction of sp³-hybridized carbons (Fsp3) is 0.364. The highest BCUT2D eigenvalue weighted by atomic mass is 35.5. The topological polar surface area (TPSA) is 95.9 Å². The predicted molar refractivity (Wildman–Crippen MR) is 112 cm³/mol. The van der Waals surface area contributed by atoms with Crippen LogP contribution >= 0.6 is 11.6 Å². The lowest BCUT2D eigenvalue weighted by molar-refractivity contribution is -0.147. The number of aliphatic carboxylic acids is 1. The number of hydrogen-bond donors (Lipinski definition) is 3. The Bertz CT molecular complexity index is 809. The summed E-state index contributed by atoms with van der Waals surface area (Å²) in [5, 5.41) is 22.0. The zero-order chi connectivity index (χ0) is 21.2. The number of halogens is 1. The van der Waals surface area contributed by atoms with Gasteiger partial charge in [0.15, 0.2) is 6.10 Å². The van der Waals surface area contributed by atoms with Crippen LogP contribution in [-0.2, 0) is 16.0 Å². The SMILES string of the molecule is CCCCOC(=O)N[C@H](Cc1ccc(-c2cccc(Cl)c2)cc1)C[C@@H](O)C(=O)O. The van der Waals surface area contributed by atoms with Crippen molar-refractivity contribution in [2.75, 3.05) is 6.61 Å². The third-order valence-electron chi connectivity index (χ3n) is 4.44. The molecule has 0 aliphatic carbocycles. The van der Waals surface area contributed by atoms with E-state index in [2.05, 4.69) is 5.32 Å². The second-order valence-corrected chi connectivity index (χ2v) is 7.27. The Balaban J connectivity index is 2.06. The number of aliphatic hydroxyl groups excluding tert-OH is 1. The van der Waals surface area contributed by atoms with Gasteiger partial charge in [-0.05, 0) is 41.7 Å². The molecule has 2 rings (SSSR count). The molecule has 29 heavy (non-hydrogen) atoms. The van der Waals surface area contributed by atoms with Crippen molar-refractivity contribution in [3.8, 4) is 11.1 Å². The highest BCUT2D eigenvalue weighted by molar-refractivity contribution is 6.30. The minimum Gasteiger partial charge on any atom is -0.479 e. The van der Waals surface area contributed by atoms with Gasteiger partial charge in [0, 0.05) is 17.5 Å². The third kappa shape index (κ3) is 7.75. The molecule has 0 radical (unpaired) electrons. The number of nitrogens with one attached hydrogen (secondary N) is 1. The maximum atomic E-state index is 12.0. The lowest BCUT2D eigenvalue weighted by Crippen LogP contribution is -2.41. The van der Waals surface area contributed by atoms with Gasteiger partial charge < -0.3 is 20.3 Å². The fourth-order valence-electron chi connectivity index (χ4n) is 2.87. The molecule has 0 unspecified atom stereocenters. The van der Waals surface area contributed by atoms with Crippen molar-refractivity contribution in [2.45, 2.75) is 44.8 Å². The molecular formula is C22H26ClNO5. The first-order chi connectivity index (χ1) is 13.9. The summed E-state index contributed by atoms with van der Waals surface area (Å²) in [4.78, 5) is 23.0. The van der Waals surface area contributed by atoms with E-state index in [1.807, 2.05) is 55.5 Å². The molecule has 0 aliphatic heterocycles. The van der Waals surface area contributed by atoms with Crippen molar-refractivity contribution in [1.29, 1.82) is 0 Å². The number of carbonyl (C=O) groups excluding carboxylic acids is 1. The molecule has 0 aliphatic rings. The molecule has 0 heterocycles. The number of alkyl carbamates (subject to hydrolysis) is 1. The van der Waals surface area contributed by atoms with Crippen molar-refractivity contribution in [2.24, 2.45) is 0 Å². The van der Waals surface area contributed by atoms with Crippen LogP contribution in [0.15, 0.2) is 48.5 Å². The maximum absolute atomic E-state index is 12.0. The van der Waals surface area contributed by atoms with Crippen molar-refractivity contribution in [3.63, 3.8) is 0 Å². The van der Waals surface area contributed by atoms with E-state index in [4.69, 9.17) is 21.4 Å². The first-order valence-corrected chi connectivity index (χ1v) is 9.96. The molecule has 0 spiro atoms. The summed E-state index contributed by atoms with van der Waals surface area (Å²) in [6.45, 7) is 2.28. The molecule has 0 bridgehead atoms. The van der Waals surface area contributed by atoms with E-state index in [1.54, 1.807) is 0 Å². The van der Waals surface area contributed by atoms with E-state index < -0.39 is 24.2 Å². The molecule has 0 saturated heterocycles. The minimum atomic E-state index is -1.57. The second-order valence-electron chi connectivity index (χ2n) is 6.83. The number of aliphatic hydroxyl groups is 1. The Morgan fingerprint density at radius 2 is 1.86 bits per heavy atom. The summed E-state index contributed by atoms with van der Waals surface area (Å²) in [7, 11) is 0. The summed E-state index contributed by atoms with van der Waals surface area (Å²) in [5.41, 5.74) is 2.87. The fourth-order valence-corrected chi connectivity index (χ4v) is 3.06. The van der Waals surface area contributed by atoms with Gasteiger partial charge in [0.2, 0.25) is 0 Å². The quantitative estimate of drug-likeness (QED) is 0.499. The van der Waals surface area contributed by atoms with Gasteiger partial charge in [0.05, 0.1) is 6.61 Å². The largest absolute Gasteiger partial charge is 0.479 e. The van der Waals surface area contributed by atoms with Gasteiger partial charge in [-0.25, -0.2) is 9.59 Å². The molecule has 6 nitrogen and oxygen atoms in total. The molecule has 2 atom stereocenters. The maximum Gasteiger partial charge on any atom is 0.407 e. The van der Waals surface area contributed by atoms with E-state index in [0.29, 0.717) is 18.1 Å². The number of carbonyl (C=O) groups is 2. The van der Waals surface area contributed by atoms with Crippen molar-refractivity contribution in [3.05, 3.63) is 59.1 Å². The molecule has 7 heteroatoms. The van der Waals surface area contributed by atoms with Crippen LogP contribution in [0.2, 0.25) is 5.02 Å². The van der Waals surface area contributed by atoms with E-state index in [9.17, 15) is 14.7 Å². The zero-order valence-corrected chi connectivity index (χ0v) is 17.1. The zero-order valence-electron chi connectivity index (χ0n) is 16.3. The average molecular weight is 420 g/mol. The van der Waals surface area contributed by atoms with Gasteiger partial charge in [-0.15, -0.1) is 0 Å². The summed E-state index contributed by atoms with van der Waals surface area (Å²) in [5.74, 6) is -1.33. The normalized spacial score (nSPS) is 12.8. The Kier molecular flexibility index (Phi) is 8.96. The lowest BCUT2D eigenvalue weighted by Gasteiger charge is -2.20. The predicted octanol–water partition coefficient (Wildman–Crippen LogP) is 4.28. The third-order valence-corrected chi connectivity index (χ3v) is 4.67. The number of hydrogen-bond acceptors (Lipinski definition) is 4.